The van der Waals surface area contributed by atoms with Crippen molar-refractivity contribution in [2.45, 2.75) is 12.2 Å². The van der Waals surface area contributed by atoms with Gasteiger partial charge in [-0.05, 0) is 23.8 Å². The van der Waals surface area contributed by atoms with Crippen molar-refractivity contribution in [2.24, 2.45) is 11.5 Å². The van der Waals surface area contributed by atoms with Crippen LogP contribution in [0.4, 0.5) is 13.2 Å². The highest BCUT2D eigenvalue weighted by atomic mass is 79.9. The Morgan fingerprint density at radius 1 is 1.33 bits per heavy atom. The van der Waals surface area contributed by atoms with Crippen LogP contribution in [0.25, 0.3) is 0 Å². The first kappa shape index (κ1) is 12.5. The topological polar surface area (TPSA) is 52.0 Å². The fraction of sp³-hybridized carbons (Fsp3) is 0.333. The van der Waals surface area contributed by atoms with E-state index in [0.717, 1.165) is 12.1 Å². The summed E-state index contributed by atoms with van der Waals surface area (Å²) in [5, 5.41) is 0. The molecule has 1 atom stereocenters. The van der Waals surface area contributed by atoms with Crippen molar-refractivity contribution in [3.63, 3.8) is 0 Å². The van der Waals surface area contributed by atoms with Gasteiger partial charge < -0.3 is 11.5 Å². The minimum absolute atomic E-state index is 0.0971. The molecule has 0 saturated carbocycles. The fourth-order valence-corrected chi connectivity index (χ4v) is 1.67. The standard InChI is InChI=1S/C9H10BrF3N2/c10-7-2-1-5(9(11,12)13)3-6(7)8(15)4-14/h1-3,8H,4,14-15H2/t8-/m1/s1. The van der Waals surface area contributed by atoms with Gasteiger partial charge in [-0.15, -0.1) is 0 Å². The lowest BCUT2D eigenvalue weighted by molar-refractivity contribution is -0.137. The van der Waals surface area contributed by atoms with E-state index < -0.39 is 17.8 Å². The van der Waals surface area contributed by atoms with Gasteiger partial charge in [0.15, 0.2) is 0 Å². The Balaban J connectivity index is 3.17. The number of nitrogens with two attached hydrogens (primary N) is 2. The molecule has 0 spiro atoms. The summed E-state index contributed by atoms with van der Waals surface area (Å²) in [5.74, 6) is 0. The van der Waals surface area contributed by atoms with E-state index in [1.54, 1.807) is 0 Å². The second kappa shape index (κ2) is 4.51. The maximum absolute atomic E-state index is 12.4. The molecular formula is C9H10BrF3N2. The van der Waals surface area contributed by atoms with E-state index in [4.69, 9.17) is 11.5 Å². The highest BCUT2D eigenvalue weighted by Crippen LogP contribution is 2.33. The quantitative estimate of drug-likeness (QED) is 0.875. The van der Waals surface area contributed by atoms with Crippen LogP contribution in [0.3, 0.4) is 0 Å². The van der Waals surface area contributed by atoms with Crippen molar-refractivity contribution >= 4 is 15.9 Å². The Hall–Kier alpha value is -0.590. The van der Waals surface area contributed by atoms with Crippen LogP contribution in [0, 0.1) is 0 Å². The smallest absolute Gasteiger partial charge is 0.329 e. The molecule has 0 aliphatic carbocycles. The lowest BCUT2D eigenvalue weighted by atomic mass is 10.0. The van der Waals surface area contributed by atoms with Crippen molar-refractivity contribution in [1.29, 1.82) is 0 Å². The van der Waals surface area contributed by atoms with Gasteiger partial charge in [0.1, 0.15) is 0 Å². The van der Waals surface area contributed by atoms with Gasteiger partial charge in [0.2, 0.25) is 0 Å². The van der Waals surface area contributed by atoms with Crippen LogP contribution in [0.5, 0.6) is 0 Å². The molecule has 0 heterocycles. The molecule has 15 heavy (non-hydrogen) atoms. The van der Waals surface area contributed by atoms with Crippen LogP contribution < -0.4 is 11.5 Å². The minimum Gasteiger partial charge on any atom is -0.329 e. The third-order valence-electron chi connectivity index (χ3n) is 1.98. The average Bonchev–Trinajstić information content (AvgIpc) is 2.15. The molecular weight excluding hydrogens is 273 g/mol. The van der Waals surface area contributed by atoms with E-state index >= 15 is 0 Å². The molecule has 1 aromatic carbocycles. The molecule has 0 aliphatic heterocycles. The second-order valence-corrected chi connectivity index (χ2v) is 3.93. The van der Waals surface area contributed by atoms with Gasteiger partial charge in [0.25, 0.3) is 0 Å². The summed E-state index contributed by atoms with van der Waals surface area (Å²) in [5.41, 5.74) is 10.5. The maximum Gasteiger partial charge on any atom is 0.416 e. The molecule has 84 valence electrons. The number of halogens is 4. The van der Waals surface area contributed by atoms with Crippen LogP contribution in [-0.4, -0.2) is 6.54 Å². The van der Waals surface area contributed by atoms with Crippen molar-refractivity contribution in [1.82, 2.24) is 0 Å². The van der Waals surface area contributed by atoms with Crippen molar-refractivity contribution in [3.8, 4) is 0 Å². The number of hydrogen-bond donors (Lipinski definition) is 2. The molecule has 0 fully saturated rings. The summed E-state index contributed by atoms with van der Waals surface area (Å²) in [4.78, 5) is 0. The van der Waals surface area contributed by atoms with E-state index in [1.807, 2.05) is 0 Å². The minimum atomic E-state index is -4.36. The third-order valence-corrected chi connectivity index (χ3v) is 2.70. The van der Waals surface area contributed by atoms with Gasteiger partial charge in [-0.2, -0.15) is 13.2 Å². The van der Waals surface area contributed by atoms with E-state index in [2.05, 4.69) is 15.9 Å². The summed E-state index contributed by atoms with van der Waals surface area (Å²) < 4.78 is 37.7. The number of benzene rings is 1. The molecule has 0 radical (unpaired) electrons. The molecule has 0 bridgehead atoms. The molecule has 0 amide bonds. The summed E-state index contributed by atoms with van der Waals surface area (Å²) in [7, 11) is 0. The van der Waals surface area contributed by atoms with Crippen LogP contribution in [0.1, 0.15) is 17.2 Å². The highest BCUT2D eigenvalue weighted by Gasteiger charge is 2.31. The molecule has 0 aromatic heterocycles. The fourth-order valence-electron chi connectivity index (χ4n) is 1.13. The Labute approximate surface area is 93.6 Å². The van der Waals surface area contributed by atoms with E-state index in [1.165, 1.54) is 6.07 Å². The summed E-state index contributed by atoms with van der Waals surface area (Å²) in [6, 6.07) is 2.74. The predicted molar refractivity (Wildman–Crippen MR) is 55.1 cm³/mol. The molecule has 6 heteroatoms. The number of alkyl halides is 3. The summed E-state index contributed by atoms with van der Waals surface area (Å²) in [6.07, 6.45) is -4.36. The van der Waals surface area contributed by atoms with Crippen LogP contribution in [0.2, 0.25) is 0 Å². The Morgan fingerprint density at radius 2 is 1.93 bits per heavy atom. The zero-order chi connectivity index (χ0) is 11.6. The van der Waals surface area contributed by atoms with Crippen molar-refractivity contribution in [3.05, 3.63) is 33.8 Å². The van der Waals surface area contributed by atoms with Gasteiger partial charge in [-0.25, -0.2) is 0 Å². The van der Waals surface area contributed by atoms with Crippen LogP contribution in [0.15, 0.2) is 22.7 Å². The Morgan fingerprint density at radius 3 is 2.40 bits per heavy atom. The van der Waals surface area contributed by atoms with Gasteiger partial charge >= 0.3 is 6.18 Å². The highest BCUT2D eigenvalue weighted by molar-refractivity contribution is 9.10. The van der Waals surface area contributed by atoms with Crippen LogP contribution in [-0.2, 0) is 6.18 Å². The Kier molecular flexibility index (Phi) is 3.75. The first-order valence-electron chi connectivity index (χ1n) is 4.18. The van der Waals surface area contributed by atoms with Gasteiger partial charge in [-0.1, -0.05) is 15.9 Å². The predicted octanol–water partition coefficient (Wildman–Crippen LogP) is 2.43. The van der Waals surface area contributed by atoms with Gasteiger partial charge in [-0.3, -0.25) is 0 Å². The Bertz CT molecular complexity index is 352. The van der Waals surface area contributed by atoms with E-state index in [-0.39, 0.29) is 6.54 Å². The van der Waals surface area contributed by atoms with E-state index in [0.29, 0.717) is 10.0 Å². The molecule has 0 saturated heterocycles. The molecule has 0 unspecified atom stereocenters. The first-order chi connectivity index (χ1) is 6.86. The summed E-state index contributed by atoms with van der Waals surface area (Å²) >= 11 is 3.14. The molecule has 0 aliphatic rings. The van der Waals surface area contributed by atoms with Crippen molar-refractivity contribution < 1.29 is 13.2 Å². The lowest BCUT2D eigenvalue weighted by Crippen LogP contribution is -2.21. The van der Waals surface area contributed by atoms with E-state index in [9.17, 15) is 13.2 Å². The zero-order valence-corrected chi connectivity index (χ0v) is 9.27. The third kappa shape index (κ3) is 2.93. The molecule has 1 aromatic rings. The SMILES string of the molecule is NC[C@@H](N)c1cc(C(F)(F)F)ccc1Br. The lowest BCUT2D eigenvalue weighted by Gasteiger charge is -2.14. The largest absolute Gasteiger partial charge is 0.416 e. The zero-order valence-electron chi connectivity index (χ0n) is 7.68. The summed E-state index contributed by atoms with van der Waals surface area (Å²) in [6.45, 7) is 0.0971. The molecule has 1 rings (SSSR count). The normalized spacial score (nSPS) is 14.0. The maximum atomic E-state index is 12.4. The first-order valence-corrected chi connectivity index (χ1v) is 4.98. The van der Waals surface area contributed by atoms with Crippen molar-refractivity contribution in [2.75, 3.05) is 6.54 Å². The number of rotatable bonds is 2. The molecule has 2 nitrogen and oxygen atoms in total. The molecule has 4 N–H and O–H groups in total. The number of hydrogen-bond acceptors (Lipinski definition) is 2. The van der Waals surface area contributed by atoms with Gasteiger partial charge in [0.05, 0.1) is 5.56 Å². The van der Waals surface area contributed by atoms with Crippen LogP contribution >= 0.6 is 15.9 Å². The average molecular weight is 283 g/mol. The second-order valence-electron chi connectivity index (χ2n) is 3.08. The van der Waals surface area contributed by atoms with Gasteiger partial charge in [0, 0.05) is 17.1 Å². The monoisotopic (exact) mass is 282 g/mol.